The molecule has 1 amide bonds. The number of rotatable bonds is 4. The highest BCUT2D eigenvalue weighted by Gasteiger charge is 2.28. The Morgan fingerprint density at radius 2 is 1.92 bits per heavy atom. The van der Waals surface area contributed by atoms with Crippen LogP contribution in [-0.4, -0.2) is 26.6 Å². The first kappa shape index (κ1) is 16.4. The summed E-state index contributed by atoms with van der Waals surface area (Å²) in [4.78, 5) is 12.1. The van der Waals surface area contributed by atoms with Crippen LogP contribution >= 0.6 is 0 Å². The monoisotopic (exact) mass is 348 g/mol. The normalized spacial score (nSPS) is 16.1. The molecule has 0 bridgehead atoms. The summed E-state index contributed by atoms with van der Waals surface area (Å²) in [5.41, 5.74) is 1.66. The van der Waals surface area contributed by atoms with Crippen LogP contribution in [-0.2, 0) is 16.6 Å². The Hall–Kier alpha value is -2.41. The second kappa shape index (κ2) is 6.60. The lowest BCUT2D eigenvalue weighted by Gasteiger charge is -2.17. The van der Waals surface area contributed by atoms with E-state index in [4.69, 9.17) is 0 Å². The largest absolute Gasteiger partial charge is 0.348 e. The molecule has 0 spiro atoms. The van der Waals surface area contributed by atoms with Gasteiger partial charge in [0.1, 0.15) is 5.82 Å². The van der Waals surface area contributed by atoms with Gasteiger partial charge in [-0.2, -0.15) is 0 Å². The third kappa shape index (κ3) is 3.56. The number of carbonyl (C=O) groups is 1. The zero-order chi connectivity index (χ0) is 17.2. The number of benzene rings is 2. The zero-order valence-corrected chi connectivity index (χ0v) is 13.7. The number of hydrogen-bond donors (Lipinski definition) is 1. The van der Waals surface area contributed by atoms with Gasteiger partial charge in [-0.1, -0.05) is 12.1 Å². The highest BCUT2D eigenvalue weighted by atomic mass is 32.2. The van der Waals surface area contributed by atoms with Gasteiger partial charge in [0.15, 0.2) is 0 Å². The van der Waals surface area contributed by atoms with E-state index in [9.17, 15) is 17.6 Å². The summed E-state index contributed by atoms with van der Waals surface area (Å²) in [5.74, 6) is -0.490. The Bertz CT molecular complexity index is 850. The Morgan fingerprint density at radius 1 is 1.17 bits per heavy atom. The Kier molecular flexibility index (Phi) is 4.53. The maximum Gasteiger partial charge on any atom is 0.251 e. The van der Waals surface area contributed by atoms with Crippen LogP contribution in [0.2, 0.25) is 0 Å². The number of hydrogen-bond acceptors (Lipinski definition) is 3. The summed E-state index contributed by atoms with van der Waals surface area (Å²) in [5, 5.41) is 2.71. The minimum atomic E-state index is -3.23. The molecule has 1 aliphatic heterocycles. The molecular weight excluding hydrogens is 331 g/mol. The van der Waals surface area contributed by atoms with Gasteiger partial charge < -0.3 is 5.32 Å². The predicted octanol–water partition coefficient (Wildman–Crippen LogP) is 2.30. The molecule has 2 aromatic carbocycles. The van der Waals surface area contributed by atoms with E-state index < -0.39 is 10.0 Å². The smallest absolute Gasteiger partial charge is 0.251 e. The van der Waals surface area contributed by atoms with Gasteiger partial charge in [0.05, 0.1) is 11.4 Å². The molecule has 126 valence electrons. The lowest BCUT2D eigenvalue weighted by molar-refractivity contribution is 0.0951. The first-order valence-electron chi connectivity index (χ1n) is 7.59. The summed E-state index contributed by atoms with van der Waals surface area (Å²) in [6.45, 7) is 0.687. The fourth-order valence-electron chi connectivity index (χ4n) is 2.64. The standard InChI is InChI=1S/C17H17FN2O3S/c18-15-4-1-3-13(11-15)12-19-17(21)14-5-7-16(8-6-14)20-9-2-10-24(20,22)23/h1,3-8,11H,2,9-10,12H2,(H,19,21). The number of nitrogens with one attached hydrogen (secondary N) is 1. The molecule has 7 heteroatoms. The van der Waals surface area contributed by atoms with E-state index in [-0.39, 0.29) is 24.0 Å². The number of halogens is 1. The molecule has 1 aliphatic rings. The first-order valence-corrected chi connectivity index (χ1v) is 9.20. The van der Waals surface area contributed by atoms with Gasteiger partial charge in [0.2, 0.25) is 10.0 Å². The van der Waals surface area contributed by atoms with Crippen molar-refractivity contribution in [2.45, 2.75) is 13.0 Å². The van der Waals surface area contributed by atoms with E-state index in [0.29, 0.717) is 29.8 Å². The molecule has 0 aromatic heterocycles. The van der Waals surface area contributed by atoms with Crippen LogP contribution in [0.3, 0.4) is 0 Å². The van der Waals surface area contributed by atoms with E-state index in [0.717, 1.165) is 0 Å². The summed E-state index contributed by atoms with van der Waals surface area (Å²) >= 11 is 0. The molecule has 1 fully saturated rings. The minimum Gasteiger partial charge on any atom is -0.348 e. The zero-order valence-electron chi connectivity index (χ0n) is 12.9. The van der Waals surface area contributed by atoms with Gasteiger partial charge in [-0.05, 0) is 48.4 Å². The van der Waals surface area contributed by atoms with Crippen molar-refractivity contribution in [3.63, 3.8) is 0 Å². The molecule has 0 aliphatic carbocycles. The van der Waals surface area contributed by atoms with E-state index in [1.54, 1.807) is 36.4 Å². The highest BCUT2D eigenvalue weighted by Crippen LogP contribution is 2.24. The second-order valence-corrected chi connectivity index (χ2v) is 7.61. The summed E-state index contributed by atoms with van der Waals surface area (Å²) in [6.07, 6.45) is 0.609. The highest BCUT2D eigenvalue weighted by molar-refractivity contribution is 7.93. The van der Waals surface area contributed by atoms with E-state index in [1.165, 1.54) is 16.4 Å². The fourth-order valence-corrected chi connectivity index (χ4v) is 4.20. The van der Waals surface area contributed by atoms with Crippen molar-refractivity contribution in [1.82, 2.24) is 5.32 Å². The van der Waals surface area contributed by atoms with Crippen molar-refractivity contribution in [3.8, 4) is 0 Å². The molecule has 5 nitrogen and oxygen atoms in total. The van der Waals surface area contributed by atoms with Crippen LogP contribution in [0.5, 0.6) is 0 Å². The summed E-state index contributed by atoms with van der Waals surface area (Å²) in [7, 11) is -3.23. The minimum absolute atomic E-state index is 0.156. The van der Waals surface area contributed by atoms with Crippen molar-refractivity contribution >= 4 is 21.6 Å². The molecule has 0 unspecified atom stereocenters. The molecule has 3 rings (SSSR count). The summed E-state index contributed by atoms with van der Waals surface area (Å²) in [6, 6.07) is 12.4. The molecular formula is C17H17FN2O3S. The molecule has 0 atom stereocenters. The van der Waals surface area contributed by atoms with E-state index in [1.807, 2.05) is 0 Å². The number of anilines is 1. The van der Waals surface area contributed by atoms with Gasteiger partial charge in [-0.15, -0.1) is 0 Å². The fraction of sp³-hybridized carbons (Fsp3) is 0.235. The van der Waals surface area contributed by atoms with Crippen molar-refractivity contribution in [2.75, 3.05) is 16.6 Å². The number of nitrogens with zero attached hydrogens (tertiary/aromatic N) is 1. The number of carbonyl (C=O) groups excluding carboxylic acids is 1. The Morgan fingerprint density at radius 3 is 2.54 bits per heavy atom. The van der Waals surface area contributed by atoms with Crippen molar-refractivity contribution < 1.29 is 17.6 Å². The SMILES string of the molecule is O=C(NCc1cccc(F)c1)c1ccc(N2CCCS2(=O)=O)cc1. The molecule has 0 saturated carbocycles. The van der Waals surface area contributed by atoms with Gasteiger partial charge >= 0.3 is 0 Å². The van der Waals surface area contributed by atoms with Gasteiger partial charge in [0.25, 0.3) is 5.91 Å². The summed E-state index contributed by atoms with van der Waals surface area (Å²) < 4.78 is 38.2. The topological polar surface area (TPSA) is 66.5 Å². The van der Waals surface area contributed by atoms with Crippen molar-refractivity contribution in [1.29, 1.82) is 0 Å². The predicted molar refractivity (Wildman–Crippen MR) is 89.8 cm³/mol. The van der Waals surface area contributed by atoms with E-state index in [2.05, 4.69) is 5.32 Å². The Labute approximate surface area is 140 Å². The molecule has 1 heterocycles. The third-order valence-corrected chi connectivity index (χ3v) is 5.73. The molecule has 2 aromatic rings. The molecule has 1 N–H and O–H groups in total. The first-order chi connectivity index (χ1) is 11.5. The number of amides is 1. The maximum atomic E-state index is 13.1. The van der Waals surface area contributed by atoms with Crippen molar-refractivity contribution in [3.05, 3.63) is 65.5 Å². The lowest BCUT2D eigenvalue weighted by Crippen LogP contribution is -2.25. The van der Waals surface area contributed by atoms with Crippen LogP contribution in [0.15, 0.2) is 48.5 Å². The second-order valence-electron chi connectivity index (χ2n) is 5.60. The van der Waals surface area contributed by atoms with Gasteiger partial charge in [0, 0.05) is 18.7 Å². The number of sulfonamides is 1. The third-order valence-electron chi connectivity index (χ3n) is 3.86. The molecule has 0 radical (unpaired) electrons. The van der Waals surface area contributed by atoms with Crippen LogP contribution < -0.4 is 9.62 Å². The maximum absolute atomic E-state index is 13.1. The van der Waals surface area contributed by atoms with Crippen LogP contribution in [0, 0.1) is 5.82 Å². The van der Waals surface area contributed by atoms with Crippen LogP contribution in [0.4, 0.5) is 10.1 Å². The molecule has 1 saturated heterocycles. The van der Waals surface area contributed by atoms with Gasteiger partial charge in [-0.25, -0.2) is 12.8 Å². The Balaban J connectivity index is 1.66. The average molecular weight is 348 g/mol. The average Bonchev–Trinajstić information content (AvgIpc) is 2.92. The lowest BCUT2D eigenvalue weighted by atomic mass is 10.1. The van der Waals surface area contributed by atoms with Crippen molar-refractivity contribution in [2.24, 2.45) is 0 Å². The quantitative estimate of drug-likeness (QED) is 0.922. The molecule has 24 heavy (non-hydrogen) atoms. The van der Waals surface area contributed by atoms with E-state index >= 15 is 0 Å². The van der Waals surface area contributed by atoms with Crippen LogP contribution in [0.25, 0.3) is 0 Å². The van der Waals surface area contributed by atoms with Crippen LogP contribution in [0.1, 0.15) is 22.3 Å². The van der Waals surface area contributed by atoms with Gasteiger partial charge in [-0.3, -0.25) is 9.10 Å².